The fraction of sp³-hybridized carbons (Fsp3) is 0.333. The van der Waals surface area contributed by atoms with E-state index in [-0.39, 0.29) is 11.9 Å². The number of thiazole rings is 1. The number of rotatable bonds is 3. The van der Waals surface area contributed by atoms with E-state index >= 15 is 0 Å². The minimum Gasteiger partial charge on any atom is -0.347 e. The largest absolute Gasteiger partial charge is 0.347 e. The van der Waals surface area contributed by atoms with E-state index in [9.17, 15) is 4.79 Å². The molecule has 0 radical (unpaired) electrons. The maximum atomic E-state index is 11.9. The van der Waals surface area contributed by atoms with Crippen LogP contribution in [-0.4, -0.2) is 30.0 Å². The minimum atomic E-state index is 0.0380. The third-order valence-electron chi connectivity index (χ3n) is 2.96. The van der Waals surface area contributed by atoms with Gasteiger partial charge in [-0.25, -0.2) is 4.98 Å². The van der Waals surface area contributed by atoms with Gasteiger partial charge < -0.3 is 10.2 Å². The van der Waals surface area contributed by atoms with E-state index in [2.05, 4.69) is 15.2 Å². The van der Waals surface area contributed by atoms with E-state index in [0.29, 0.717) is 0 Å². The van der Waals surface area contributed by atoms with Crippen LogP contribution in [0.25, 0.3) is 0 Å². The number of nitrogens with zero attached hydrogens (tertiary/aromatic N) is 2. The first-order valence-corrected chi connectivity index (χ1v) is 7.57. The average molecular weight is 279 g/mol. The second kappa shape index (κ2) is 5.07. The highest BCUT2D eigenvalue weighted by molar-refractivity contribution is 7.13. The van der Waals surface area contributed by atoms with Crippen molar-refractivity contribution in [3.05, 3.63) is 34.0 Å². The summed E-state index contributed by atoms with van der Waals surface area (Å²) in [5.41, 5.74) is 0. The van der Waals surface area contributed by atoms with Gasteiger partial charge in [0.15, 0.2) is 5.13 Å². The fourth-order valence-electron chi connectivity index (χ4n) is 2.09. The lowest BCUT2D eigenvalue weighted by Gasteiger charge is -2.15. The van der Waals surface area contributed by atoms with E-state index in [1.165, 1.54) is 11.3 Å². The number of carbonyl (C=O) groups is 1. The molecule has 18 heavy (non-hydrogen) atoms. The van der Waals surface area contributed by atoms with Crippen molar-refractivity contribution in [2.24, 2.45) is 0 Å². The lowest BCUT2D eigenvalue weighted by molar-refractivity contribution is 0.0944. The first-order valence-electron chi connectivity index (χ1n) is 5.82. The lowest BCUT2D eigenvalue weighted by atomic mass is 10.2. The predicted molar refractivity (Wildman–Crippen MR) is 74.5 cm³/mol. The van der Waals surface area contributed by atoms with Gasteiger partial charge in [-0.15, -0.1) is 22.7 Å². The number of thiophene rings is 1. The summed E-state index contributed by atoms with van der Waals surface area (Å²) in [5.74, 6) is 0.0380. The molecule has 1 aliphatic rings. The molecule has 0 aromatic carbocycles. The van der Waals surface area contributed by atoms with Gasteiger partial charge in [-0.05, 0) is 17.9 Å². The maximum Gasteiger partial charge on any atom is 0.261 e. The summed E-state index contributed by atoms with van der Waals surface area (Å²) in [4.78, 5) is 19.2. The zero-order valence-electron chi connectivity index (χ0n) is 9.70. The lowest BCUT2D eigenvalue weighted by Crippen LogP contribution is -2.36. The first-order chi connectivity index (χ1) is 8.83. The second-order valence-corrected chi connectivity index (χ2v) is 6.02. The smallest absolute Gasteiger partial charge is 0.261 e. The van der Waals surface area contributed by atoms with Crippen molar-refractivity contribution in [2.45, 2.75) is 12.5 Å². The van der Waals surface area contributed by atoms with Crippen LogP contribution in [0.1, 0.15) is 16.1 Å². The maximum absolute atomic E-state index is 11.9. The fourth-order valence-corrected chi connectivity index (χ4v) is 3.40. The Morgan fingerprint density at radius 1 is 1.44 bits per heavy atom. The molecular weight excluding hydrogens is 266 g/mol. The molecular formula is C12H13N3OS2. The summed E-state index contributed by atoms with van der Waals surface area (Å²) < 4.78 is 0. The topological polar surface area (TPSA) is 45.2 Å². The van der Waals surface area contributed by atoms with Gasteiger partial charge in [0.1, 0.15) is 0 Å². The zero-order valence-corrected chi connectivity index (χ0v) is 11.3. The quantitative estimate of drug-likeness (QED) is 0.937. The standard InChI is InChI=1S/C12H13N3OS2/c16-11(10-2-1-6-17-10)14-9-3-5-15(8-9)12-13-4-7-18-12/h1-2,4,6-7,9H,3,5,8H2,(H,14,16)/t9-/m0/s1. The van der Waals surface area contributed by atoms with Crippen LogP contribution in [0.5, 0.6) is 0 Å². The van der Waals surface area contributed by atoms with E-state index in [4.69, 9.17) is 0 Å². The van der Waals surface area contributed by atoms with Crippen LogP contribution >= 0.6 is 22.7 Å². The summed E-state index contributed by atoms with van der Waals surface area (Å²) in [5, 5.41) is 8.03. The molecule has 3 rings (SSSR count). The summed E-state index contributed by atoms with van der Waals surface area (Å²) >= 11 is 3.12. The van der Waals surface area contributed by atoms with Gasteiger partial charge in [0, 0.05) is 30.7 Å². The molecule has 0 saturated carbocycles. The predicted octanol–water partition coefficient (Wildman–Crippen LogP) is 2.21. The van der Waals surface area contributed by atoms with Crippen LogP contribution in [0.4, 0.5) is 5.13 Å². The third kappa shape index (κ3) is 2.39. The Labute approximate surface area is 113 Å². The number of hydrogen-bond acceptors (Lipinski definition) is 5. The van der Waals surface area contributed by atoms with Crippen molar-refractivity contribution in [1.82, 2.24) is 10.3 Å². The number of carbonyl (C=O) groups excluding carboxylic acids is 1. The molecule has 1 fully saturated rings. The molecule has 1 N–H and O–H groups in total. The Morgan fingerprint density at radius 3 is 3.11 bits per heavy atom. The van der Waals surface area contributed by atoms with Crippen LogP contribution in [-0.2, 0) is 0 Å². The highest BCUT2D eigenvalue weighted by Gasteiger charge is 2.25. The Bertz CT molecular complexity index is 509. The highest BCUT2D eigenvalue weighted by Crippen LogP contribution is 2.22. The first kappa shape index (κ1) is 11.7. The minimum absolute atomic E-state index is 0.0380. The highest BCUT2D eigenvalue weighted by atomic mass is 32.1. The molecule has 2 aromatic rings. The van der Waals surface area contributed by atoms with E-state index in [0.717, 1.165) is 29.5 Å². The molecule has 0 bridgehead atoms. The van der Waals surface area contributed by atoms with E-state index < -0.39 is 0 Å². The van der Waals surface area contributed by atoms with Crippen molar-refractivity contribution in [1.29, 1.82) is 0 Å². The molecule has 1 amide bonds. The second-order valence-electron chi connectivity index (χ2n) is 4.20. The van der Waals surface area contributed by atoms with Gasteiger partial charge >= 0.3 is 0 Å². The third-order valence-corrected chi connectivity index (χ3v) is 4.66. The normalized spacial score (nSPS) is 19.1. The SMILES string of the molecule is O=C(N[C@H]1CCN(c2nccs2)C1)c1cccs1. The van der Waals surface area contributed by atoms with Gasteiger partial charge in [-0.2, -0.15) is 0 Å². The molecule has 1 saturated heterocycles. The molecule has 94 valence electrons. The summed E-state index contributed by atoms with van der Waals surface area (Å²) in [6.07, 6.45) is 2.80. The van der Waals surface area contributed by atoms with Gasteiger partial charge in [0.05, 0.1) is 4.88 Å². The molecule has 2 aromatic heterocycles. The molecule has 3 heterocycles. The molecule has 0 unspecified atom stereocenters. The molecule has 1 aliphatic heterocycles. The van der Waals surface area contributed by atoms with Gasteiger partial charge in [-0.3, -0.25) is 4.79 Å². The summed E-state index contributed by atoms with van der Waals surface area (Å²) in [7, 11) is 0. The number of hydrogen-bond donors (Lipinski definition) is 1. The Hall–Kier alpha value is -1.40. The molecule has 0 aliphatic carbocycles. The number of aromatic nitrogens is 1. The van der Waals surface area contributed by atoms with Gasteiger partial charge in [0.2, 0.25) is 0 Å². The zero-order chi connectivity index (χ0) is 12.4. The van der Waals surface area contributed by atoms with Gasteiger partial charge in [-0.1, -0.05) is 6.07 Å². The molecule has 4 nitrogen and oxygen atoms in total. The summed E-state index contributed by atoms with van der Waals surface area (Å²) in [6, 6.07) is 3.98. The van der Waals surface area contributed by atoms with Crippen molar-refractivity contribution >= 4 is 33.7 Å². The Balaban J connectivity index is 1.58. The number of nitrogens with one attached hydrogen (secondary N) is 1. The van der Waals surface area contributed by atoms with Crippen molar-refractivity contribution in [3.8, 4) is 0 Å². The van der Waals surface area contributed by atoms with Crippen LogP contribution in [0, 0.1) is 0 Å². The Morgan fingerprint density at radius 2 is 2.39 bits per heavy atom. The van der Waals surface area contributed by atoms with E-state index in [1.807, 2.05) is 29.1 Å². The van der Waals surface area contributed by atoms with Crippen LogP contribution < -0.4 is 10.2 Å². The number of amides is 1. The van der Waals surface area contributed by atoms with Crippen LogP contribution in [0.2, 0.25) is 0 Å². The summed E-state index contributed by atoms with van der Waals surface area (Å²) in [6.45, 7) is 1.81. The Kier molecular flexibility index (Phi) is 3.29. The van der Waals surface area contributed by atoms with Crippen molar-refractivity contribution in [2.75, 3.05) is 18.0 Å². The monoisotopic (exact) mass is 279 g/mol. The molecule has 6 heteroatoms. The van der Waals surface area contributed by atoms with Crippen molar-refractivity contribution < 1.29 is 4.79 Å². The average Bonchev–Trinajstić information content (AvgIpc) is 3.12. The molecule has 0 spiro atoms. The number of anilines is 1. The van der Waals surface area contributed by atoms with Gasteiger partial charge in [0.25, 0.3) is 5.91 Å². The van der Waals surface area contributed by atoms with Crippen LogP contribution in [0.15, 0.2) is 29.1 Å². The molecule has 1 atom stereocenters. The van der Waals surface area contributed by atoms with Crippen LogP contribution in [0.3, 0.4) is 0 Å². The van der Waals surface area contributed by atoms with E-state index in [1.54, 1.807) is 11.3 Å². The van der Waals surface area contributed by atoms with Crippen molar-refractivity contribution in [3.63, 3.8) is 0 Å².